The van der Waals surface area contributed by atoms with Gasteiger partial charge in [-0.05, 0) is 18.2 Å². The molecule has 0 aliphatic heterocycles. The summed E-state index contributed by atoms with van der Waals surface area (Å²) >= 11 is 5.70. The first-order chi connectivity index (χ1) is 6.89. The van der Waals surface area contributed by atoms with Crippen molar-refractivity contribution in [2.75, 3.05) is 6.26 Å². The van der Waals surface area contributed by atoms with E-state index in [0.717, 1.165) is 6.26 Å². The number of benzene rings is 1. The van der Waals surface area contributed by atoms with Gasteiger partial charge in [0.2, 0.25) is 10.0 Å². The fourth-order valence-corrected chi connectivity index (χ4v) is 2.26. The van der Waals surface area contributed by atoms with Gasteiger partial charge < -0.3 is 4.42 Å². The van der Waals surface area contributed by atoms with Gasteiger partial charge in [-0.1, -0.05) is 11.6 Å². The summed E-state index contributed by atoms with van der Waals surface area (Å²) in [5.41, 5.74) is 0.338. The third-order valence-corrected chi connectivity index (χ3v) is 3.08. The molecule has 0 amide bonds. The minimum Gasteiger partial charge on any atom is -0.407 e. The van der Waals surface area contributed by atoms with Crippen LogP contribution in [0.1, 0.15) is 0 Å². The molecular formula is C8H6ClNO4S. The number of oxazole rings is 1. The molecule has 2 rings (SSSR count). The Bertz CT molecular complexity index is 682. The summed E-state index contributed by atoms with van der Waals surface area (Å²) in [4.78, 5) is 11.3. The molecule has 1 aromatic carbocycles. The van der Waals surface area contributed by atoms with Crippen LogP contribution in [0.5, 0.6) is 0 Å². The summed E-state index contributed by atoms with van der Waals surface area (Å²) in [7, 11) is -3.68. The van der Waals surface area contributed by atoms with E-state index in [4.69, 9.17) is 16.0 Å². The lowest BCUT2D eigenvalue weighted by atomic mass is 10.3. The Morgan fingerprint density at radius 1 is 1.40 bits per heavy atom. The van der Waals surface area contributed by atoms with E-state index in [9.17, 15) is 13.2 Å². The molecule has 0 unspecified atom stereocenters. The van der Waals surface area contributed by atoms with E-state index < -0.39 is 15.8 Å². The topological polar surface area (TPSA) is 69.3 Å². The molecule has 80 valence electrons. The van der Waals surface area contributed by atoms with E-state index in [0.29, 0.717) is 9.00 Å². The molecular weight excluding hydrogens is 242 g/mol. The van der Waals surface area contributed by atoms with Crippen LogP contribution in [0.2, 0.25) is 5.02 Å². The molecule has 0 bridgehead atoms. The highest BCUT2D eigenvalue weighted by molar-refractivity contribution is 7.89. The number of fused-ring (bicyclic) bond motifs is 1. The fourth-order valence-electron chi connectivity index (χ4n) is 1.28. The molecule has 0 saturated heterocycles. The molecule has 0 fully saturated rings. The Labute approximate surface area is 89.9 Å². The molecule has 0 radical (unpaired) electrons. The van der Waals surface area contributed by atoms with Crippen LogP contribution in [-0.4, -0.2) is 18.6 Å². The minimum atomic E-state index is -3.68. The largest absolute Gasteiger partial charge is 0.434 e. The van der Waals surface area contributed by atoms with Crippen molar-refractivity contribution in [3.63, 3.8) is 0 Å². The second-order valence-electron chi connectivity index (χ2n) is 3.01. The predicted octanol–water partition coefficient (Wildman–Crippen LogP) is 1.06. The van der Waals surface area contributed by atoms with Gasteiger partial charge in [-0.15, -0.1) is 0 Å². The zero-order valence-corrected chi connectivity index (χ0v) is 9.17. The molecule has 1 heterocycles. The molecule has 1 aromatic heterocycles. The van der Waals surface area contributed by atoms with Crippen molar-refractivity contribution < 1.29 is 12.8 Å². The van der Waals surface area contributed by atoms with E-state index in [2.05, 4.69) is 0 Å². The number of nitrogens with zero attached hydrogens (tertiary/aromatic N) is 1. The van der Waals surface area contributed by atoms with E-state index in [-0.39, 0.29) is 11.1 Å². The van der Waals surface area contributed by atoms with Crippen molar-refractivity contribution >= 4 is 32.7 Å². The summed E-state index contributed by atoms with van der Waals surface area (Å²) < 4.78 is 27.9. The fraction of sp³-hybridized carbons (Fsp3) is 0.125. The summed E-state index contributed by atoms with van der Waals surface area (Å²) in [6.45, 7) is 0. The first kappa shape index (κ1) is 10.3. The van der Waals surface area contributed by atoms with Gasteiger partial charge in [0.05, 0.1) is 6.26 Å². The predicted molar refractivity (Wildman–Crippen MR) is 55.7 cm³/mol. The van der Waals surface area contributed by atoms with Crippen LogP contribution in [0, 0.1) is 0 Å². The Hall–Kier alpha value is -1.27. The molecule has 0 aliphatic carbocycles. The van der Waals surface area contributed by atoms with Crippen molar-refractivity contribution in [1.82, 2.24) is 3.97 Å². The minimum absolute atomic E-state index is 0.148. The van der Waals surface area contributed by atoms with Crippen LogP contribution in [0.25, 0.3) is 11.1 Å². The van der Waals surface area contributed by atoms with Crippen molar-refractivity contribution in [3.8, 4) is 0 Å². The summed E-state index contributed by atoms with van der Waals surface area (Å²) in [6.07, 6.45) is 0.921. The summed E-state index contributed by atoms with van der Waals surface area (Å²) in [5, 5.41) is 0.334. The van der Waals surface area contributed by atoms with E-state index in [1.807, 2.05) is 0 Å². The van der Waals surface area contributed by atoms with E-state index >= 15 is 0 Å². The van der Waals surface area contributed by atoms with Gasteiger partial charge in [0.15, 0.2) is 5.58 Å². The van der Waals surface area contributed by atoms with Gasteiger partial charge in [0.25, 0.3) is 0 Å². The quantitative estimate of drug-likeness (QED) is 0.755. The molecule has 0 saturated carbocycles. The first-order valence-electron chi connectivity index (χ1n) is 3.91. The van der Waals surface area contributed by atoms with Gasteiger partial charge in [0, 0.05) is 5.02 Å². The number of hydrogen-bond acceptors (Lipinski definition) is 4. The molecule has 0 atom stereocenters. The van der Waals surface area contributed by atoms with Crippen molar-refractivity contribution in [1.29, 1.82) is 0 Å². The Kier molecular flexibility index (Phi) is 2.13. The zero-order chi connectivity index (χ0) is 11.2. The maximum absolute atomic E-state index is 11.3. The molecule has 0 spiro atoms. The Morgan fingerprint density at radius 3 is 2.67 bits per heavy atom. The van der Waals surface area contributed by atoms with Crippen LogP contribution in [-0.2, 0) is 10.0 Å². The molecule has 15 heavy (non-hydrogen) atoms. The molecule has 0 N–H and O–H groups in total. The first-order valence-corrected chi connectivity index (χ1v) is 6.14. The number of aromatic nitrogens is 1. The highest BCUT2D eigenvalue weighted by atomic mass is 35.5. The van der Waals surface area contributed by atoms with Gasteiger partial charge in [-0.2, -0.15) is 3.97 Å². The average molecular weight is 248 g/mol. The van der Waals surface area contributed by atoms with Crippen LogP contribution in [0.15, 0.2) is 27.4 Å². The summed E-state index contributed by atoms with van der Waals surface area (Å²) in [6, 6.07) is 4.32. The second-order valence-corrected chi connectivity index (χ2v) is 5.28. The van der Waals surface area contributed by atoms with Gasteiger partial charge in [-0.3, -0.25) is 0 Å². The number of rotatable bonds is 1. The van der Waals surface area contributed by atoms with Crippen molar-refractivity contribution in [3.05, 3.63) is 33.8 Å². The molecule has 5 nitrogen and oxygen atoms in total. The second kappa shape index (κ2) is 3.11. The standard InChI is InChI=1S/C8H6ClNO4S/c1-15(12,13)10-6-4-5(9)2-3-7(6)14-8(10)11/h2-4H,1H3. The van der Waals surface area contributed by atoms with Gasteiger partial charge in [0.1, 0.15) is 5.52 Å². The molecule has 7 heteroatoms. The zero-order valence-electron chi connectivity index (χ0n) is 7.60. The lowest BCUT2D eigenvalue weighted by molar-refractivity contribution is 0.536. The van der Waals surface area contributed by atoms with Crippen molar-refractivity contribution in [2.24, 2.45) is 0 Å². The lowest BCUT2D eigenvalue weighted by Crippen LogP contribution is -2.21. The lowest BCUT2D eigenvalue weighted by Gasteiger charge is -1.97. The molecule has 0 aliphatic rings. The average Bonchev–Trinajstić information content (AvgIpc) is 2.38. The highest BCUT2D eigenvalue weighted by Crippen LogP contribution is 2.19. The Balaban J connectivity index is 3.02. The van der Waals surface area contributed by atoms with Crippen molar-refractivity contribution in [2.45, 2.75) is 0 Å². The SMILES string of the molecule is CS(=O)(=O)n1c(=O)oc2ccc(Cl)cc21. The normalized spacial score (nSPS) is 12.1. The van der Waals surface area contributed by atoms with Gasteiger partial charge >= 0.3 is 5.76 Å². The highest BCUT2D eigenvalue weighted by Gasteiger charge is 2.17. The third kappa shape index (κ3) is 1.66. The van der Waals surface area contributed by atoms with Gasteiger partial charge in [-0.25, -0.2) is 13.2 Å². The number of halogens is 1. The van der Waals surface area contributed by atoms with Crippen LogP contribution in [0.4, 0.5) is 0 Å². The van der Waals surface area contributed by atoms with Crippen LogP contribution < -0.4 is 5.76 Å². The maximum Gasteiger partial charge on any atom is 0.434 e. The van der Waals surface area contributed by atoms with E-state index in [1.54, 1.807) is 0 Å². The Morgan fingerprint density at radius 2 is 2.07 bits per heavy atom. The molecule has 2 aromatic rings. The maximum atomic E-state index is 11.3. The van der Waals surface area contributed by atoms with Crippen LogP contribution in [0.3, 0.4) is 0 Å². The number of hydrogen-bond donors (Lipinski definition) is 0. The monoisotopic (exact) mass is 247 g/mol. The third-order valence-electron chi connectivity index (χ3n) is 1.83. The van der Waals surface area contributed by atoms with Crippen LogP contribution >= 0.6 is 11.6 Å². The smallest absolute Gasteiger partial charge is 0.407 e. The van der Waals surface area contributed by atoms with E-state index in [1.165, 1.54) is 18.2 Å². The summed E-state index contributed by atoms with van der Waals surface area (Å²) in [5.74, 6) is -0.935.